The van der Waals surface area contributed by atoms with Crippen molar-refractivity contribution in [1.82, 2.24) is 10.0 Å². The highest BCUT2D eigenvalue weighted by atomic mass is 16.7. The van der Waals surface area contributed by atoms with Gasteiger partial charge in [0.1, 0.15) is 12.3 Å². The minimum absolute atomic E-state index is 0.0586. The van der Waals surface area contributed by atoms with Crippen molar-refractivity contribution in [3.63, 3.8) is 0 Å². The Balaban J connectivity index is 2.05. The zero-order chi connectivity index (χ0) is 15.4. The van der Waals surface area contributed by atoms with E-state index < -0.39 is 0 Å². The fraction of sp³-hybridized carbons (Fsp3) is 0.471. The second-order valence-corrected chi connectivity index (χ2v) is 5.61. The van der Waals surface area contributed by atoms with Crippen molar-refractivity contribution >= 4 is 16.6 Å². The van der Waals surface area contributed by atoms with Gasteiger partial charge >= 0.3 is 5.56 Å². The molecule has 0 atom stereocenters. The van der Waals surface area contributed by atoms with Gasteiger partial charge in [-0.25, -0.2) is 0 Å². The first kappa shape index (κ1) is 14.9. The van der Waals surface area contributed by atoms with Crippen LogP contribution in [0.3, 0.4) is 0 Å². The predicted octanol–water partition coefficient (Wildman–Crippen LogP) is 1.64. The fourth-order valence-corrected chi connectivity index (χ4v) is 2.78. The van der Waals surface area contributed by atoms with Crippen LogP contribution in [0.4, 0.5) is 5.69 Å². The van der Waals surface area contributed by atoms with Crippen molar-refractivity contribution in [3.8, 4) is 0 Å². The van der Waals surface area contributed by atoms with Crippen LogP contribution in [-0.4, -0.2) is 37.5 Å². The molecule has 5 nitrogen and oxygen atoms in total. The Hall–Kier alpha value is -2.01. The lowest BCUT2D eigenvalue weighted by atomic mass is 10.2. The summed E-state index contributed by atoms with van der Waals surface area (Å²) < 4.78 is 1.47. The Bertz CT molecular complexity index is 690. The number of hydrogen-bond acceptors (Lipinski definition) is 4. The number of nitrogens with zero attached hydrogens (tertiary/aromatic N) is 2. The molecular formula is C17H23N3O2. The van der Waals surface area contributed by atoms with E-state index in [-0.39, 0.29) is 5.56 Å². The molecule has 0 unspecified atom stereocenters. The minimum Gasteiger partial charge on any atom is -0.410 e. The second kappa shape index (κ2) is 6.83. The van der Waals surface area contributed by atoms with Gasteiger partial charge in [0.15, 0.2) is 0 Å². The average molecular weight is 301 g/mol. The van der Waals surface area contributed by atoms with E-state index in [1.807, 2.05) is 30.3 Å². The Kier molecular flexibility index (Phi) is 4.63. The first-order valence-corrected chi connectivity index (χ1v) is 8.05. The summed E-state index contributed by atoms with van der Waals surface area (Å²) in [4.78, 5) is 20.8. The van der Waals surface area contributed by atoms with Crippen LogP contribution in [-0.2, 0) is 0 Å². The molecule has 2 aromatic rings. The molecule has 1 N–H and O–H groups in total. The van der Waals surface area contributed by atoms with Crippen LogP contribution in [0.5, 0.6) is 0 Å². The van der Waals surface area contributed by atoms with Gasteiger partial charge in [0.05, 0.1) is 5.52 Å². The lowest BCUT2D eigenvalue weighted by Gasteiger charge is -2.29. The number of anilines is 1. The van der Waals surface area contributed by atoms with E-state index in [0.29, 0.717) is 6.61 Å². The van der Waals surface area contributed by atoms with Gasteiger partial charge in [0, 0.05) is 31.6 Å². The highest BCUT2D eigenvalue weighted by Gasteiger charge is 2.17. The zero-order valence-electron chi connectivity index (χ0n) is 13.0. The van der Waals surface area contributed by atoms with Gasteiger partial charge in [-0.15, -0.1) is 4.73 Å². The maximum Gasteiger partial charge on any atom is 0.307 e. The van der Waals surface area contributed by atoms with Gasteiger partial charge in [-0.1, -0.05) is 31.5 Å². The third-order valence-corrected chi connectivity index (χ3v) is 4.03. The molecule has 2 heterocycles. The van der Waals surface area contributed by atoms with E-state index in [0.717, 1.165) is 55.6 Å². The standard InChI is InChI=1S/C17H23N3O2/c1-2-3-12-22-20-15-7-5-4-6-14(15)13-16(17(20)21)19-10-8-18-9-11-19/h4-7,13,18H,2-3,8-12H2,1H3. The van der Waals surface area contributed by atoms with Crippen molar-refractivity contribution in [2.24, 2.45) is 0 Å². The molecule has 0 spiro atoms. The summed E-state index contributed by atoms with van der Waals surface area (Å²) in [5.74, 6) is 0. The molecule has 1 aliphatic heterocycles. The molecule has 118 valence electrons. The number of para-hydroxylation sites is 1. The largest absolute Gasteiger partial charge is 0.410 e. The highest BCUT2D eigenvalue weighted by molar-refractivity contribution is 5.82. The number of piperazine rings is 1. The minimum atomic E-state index is -0.0586. The van der Waals surface area contributed by atoms with Crippen molar-refractivity contribution in [2.45, 2.75) is 19.8 Å². The molecule has 0 bridgehead atoms. The van der Waals surface area contributed by atoms with E-state index in [4.69, 9.17) is 4.84 Å². The van der Waals surface area contributed by atoms with Gasteiger partial charge in [0.25, 0.3) is 0 Å². The van der Waals surface area contributed by atoms with E-state index >= 15 is 0 Å². The molecule has 3 rings (SSSR count). The lowest BCUT2D eigenvalue weighted by Crippen LogP contribution is -2.46. The maximum atomic E-state index is 12.9. The topological polar surface area (TPSA) is 46.5 Å². The molecule has 1 saturated heterocycles. The van der Waals surface area contributed by atoms with E-state index in [9.17, 15) is 4.79 Å². The fourth-order valence-electron chi connectivity index (χ4n) is 2.78. The predicted molar refractivity (Wildman–Crippen MR) is 89.6 cm³/mol. The summed E-state index contributed by atoms with van der Waals surface area (Å²) in [6.07, 6.45) is 1.99. The third kappa shape index (κ3) is 2.95. The van der Waals surface area contributed by atoms with Crippen LogP contribution in [0, 0.1) is 0 Å². The zero-order valence-corrected chi connectivity index (χ0v) is 13.0. The number of pyridine rings is 1. The SMILES string of the molecule is CCCCOn1c(=O)c(N2CCNCC2)cc2ccccc21. The quantitative estimate of drug-likeness (QED) is 0.853. The van der Waals surface area contributed by atoms with Crippen LogP contribution in [0.2, 0.25) is 0 Å². The number of fused-ring (bicyclic) bond motifs is 1. The van der Waals surface area contributed by atoms with E-state index in [1.165, 1.54) is 4.73 Å². The van der Waals surface area contributed by atoms with Crippen LogP contribution in [0.1, 0.15) is 19.8 Å². The van der Waals surface area contributed by atoms with Crippen LogP contribution >= 0.6 is 0 Å². The highest BCUT2D eigenvalue weighted by Crippen LogP contribution is 2.18. The van der Waals surface area contributed by atoms with Crippen molar-refractivity contribution < 1.29 is 4.84 Å². The maximum absolute atomic E-state index is 12.9. The lowest BCUT2D eigenvalue weighted by molar-refractivity contribution is 0.110. The number of aromatic nitrogens is 1. The summed E-state index contributed by atoms with van der Waals surface area (Å²) in [5, 5.41) is 4.35. The van der Waals surface area contributed by atoms with E-state index in [2.05, 4.69) is 17.1 Å². The van der Waals surface area contributed by atoms with Crippen LogP contribution < -0.4 is 20.6 Å². The summed E-state index contributed by atoms with van der Waals surface area (Å²) in [7, 11) is 0. The van der Waals surface area contributed by atoms with Crippen molar-refractivity contribution in [2.75, 3.05) is 37.7 Å². The van der Waals surface area contributed by atoms with Crippen molar-refractivity contribution in [3.05, 3.63) is 40.7 Å². The molecule has 1 aromatic carbocycles. The summed E-state index contributed by atoms with van der Waals surface area (Å²) in [6.45, 7) is 6.18. The Labute approximate surface area is 130 Å². The first-order valence-electron chi connectivity index (χ1n) is 8.05. The molecule has 1 aliphatic rings. The molecule has 0 saturated carbocycles. The molecule has 0 amide bonds. The molecule has 1 aromatic heterocycles. The van der Waals surface area contributed by atoms with Gasteiger partial charge in [-0.2, -0.15) is 0 Å². The molecule has 1 fully saturated rings. The number of rotatable bonds is 5. The van der Waals surface area contributed by atoms with Gasteiger partial charge < -0.3 is 15.1 Å². The Morgan fingerprint density at radius 3 is 2.77 bits per heavy atom. The second-order valence-electron chi connectivity index (χ2n) is 5.61. The molecule has 0 aliphatic carbocycles. The van der Waals surface area contributed by atoms with Crippen LogP contribution in [0.25, 0.3) is 10.9 Å². The van der Waals surface area contributed by atoms with Crippen LogP contribution in [0.15, 0.2) is 35.1 Å². The first-order chi connectivity index (χ1) is 10.8. The molecule has 0 radical (unpaired) electrons. The molecule has 22 heavy (non-hydrogen) atoms. The average Bonchev–Trinajstić information content (AvgIpc) is 2.57. The number of unbranched alkanes of at least 4 members (excludes halogenated alkanes) is 1. The number of hydrogen-bond donors (Lipinski definition) is 1. The third-order valence-electron chi connectivity index (χ3n) is 4.03. The number of benzene rings is 1. The van der Waals surface area contributed by atoms with E-state index in [1.54, 1.807) is 0 Å². The van der Waals surface area contributed by atoms with Crippen molar-refractivity contribution in [1.29, 1.82) is 0 Å². The summed E-state index contributed by atoms with van der Waals surface area (Å²) in [6, 6.07) is 9.88. The van der Waals surface area contributed by atoms with Gasteiger partial charge in [-0.05, 0) is 18.6 Å². The summed E-state index contributed by atoms with van der Waals surface area (Å²) >= 11 is 0. The molecular weight excluding hydrogens is 278 g/mol. The monoisotopic (exact) mass is 301 g/mol. The summed E-state index contributed by atoms with van der Waals surface area (Å²) in [5.41, 5.74) is 1.51. The smallest absolute Gasteiger partial charge is 0.307 e. The Morgan fingerprint density at radius 2 is 2.00 bits per heavy atom. The molecule has 5 heteroatoms. The van der Waals surface area contributed by atoms with Gasteiger partial charge in [0.2, 0.25) is 0 Å². The van der Waals surface area contributed by atoms with Gasteiger partial charge in [-0.3, -0.25) is 4.79 Å². The Morgan fingerprint density at radius 1 is 1.23 bits per heavy atom. The number of nitrogens with one attached hydrogen (secondary N) is 1. The normalized spacial score (nSPS) is 15.2.